The fraction of sp³-hybridized carbons (Fsp3) is 0.321. The van der Waals surface area contributed by atoms with Crippen LogP contribution in [0, 0.1) is 13.8 Å². The molecule has 1 amide bonds. The zero-order valence-corrected chi connectivity index (χ0v) is 21.0. The molecule has 2 aromatic carbocycles. The van der Waals surface area contributed by atoms with Crippen LogP contribution in [-0.4, -0.2) is 56.6 Å². The number of imidazole rings is 1. The molecule has 0 radical (unpaired) electrons. The quantitative estimate of drug-likeness (QED) is 0.371. The Kier molecular flexibility index (Phi) is 6.61. The van der Waals surface area contributed by atoms with Crippen LogP contribution in [0.3, 0.4) is 0 Å². The molecule has 4 aromatic rings. The van der Waals surface area contributed by atoms with Crippen LogP contribution >= 0.6 is 0 Å². The van der Waals surface area contributed by atoms with Crippen molar-refractivity contribution in [1.29, 1.82) is 0 Å². The van der Waals surface area contributed by atoms with Crippen LogP contribution in [0.2, 0.25) is 0 Å². The summed E-state index contributed by atoms with van der Waals surface area (Å²) in [5, 5.41) is 17.1. The Morgan fingerprint density at radius 3 is 2.64 bits per heavy atom. The summed E-state index contributed by atoms with van der Waals surface area (Å²) in [5.41, 5.74) is 5.44. The molecule has 8 nitrogen and oxygen atoms in total. The molecule has 5 rings (SSSR count). The third kappa shape index (κ3) is 5.18. The number of piperidine rings is 1. The third-order valence-electron chi connectivity index (χ3n) is 6.74. The number of hydrogen-bond donors (Lipinski definition) is 3. The number of amides is 1. The molecule has 3 N–H and O–H groups in total. The van der Waals surface area contributed by atoms with Gasteiger partial charge in [-0.25, -0.2) is 4.98 Å². The number of aromatic hydroxyl groups is 1. The van der Waals surface area contributed by atoms with E-state index in [1.54, 1.807) is 18.2 Å². The van der Waals surface area contributed by atoms with Crippen molar-refractivity contribution in [1.82, 2.24) is 19.4 Å². The molecule has 1 aliphatic rings. The lowest BCUT2D eigenvalue weighted by molar-refractivity contribution is 0.102. The number of carbonyl (C=O) groups is 1. The van der Waals surface area contributed by atoms with E-state index in [2.05, 4.69) is 32.1 Å². The van der Waals surface area contributed by atoms with Gasteiger partial charge in [-0.3, -0.25) is 9.78 Å². The van der Waals surface area contributed by atoms with Gasteiger partial charge in [-0.15, -0.1) is 0 Å². The standard InChI is InChI=1S/C28H32N6O2/c1-18-5-4-6-20(15-18)27(36)30-22-8-9-25-23(16-22)32-28(31-21-11-13-33(3)14-12-21)34(25)17-24-26(35)10-7-19(2)29-24/h4-10,15-16,21,35H,11-14,17H2,1-3H3,(H,30,36)(H,31,32). The van der Waals surface area contributed by atoms with Crippen molar-refractivity contribution in [2.45, 2.75) is 39.3 Å². The largest absolute Gasteiger partial charge is 0.506 e. The van der Waals surface area contributed by atoms with E-state index in [1.807, 2.05) is 50.2 Å². The first-order valence-corrected chi connectivity index (χ1v) is 12.3. The van der Waals surface area contributed by atoms with Crippen LogP contribution in [-0.2, 0) is 6.54 Å². The number of hydrogen-bond acceptors (Lipinski definition) is 6. The van der Waals surface area contributed by atoms with E-state index in [4.69, 9.17) is 4.98 Å². The van der Waals surface area contributed by atoms with Crippen LogP contribution in [0.15, 0.2) is 54.6 Å². The summed E-state index contributed by atoms with van der Waals surface area (Å²) < 4.78 is 2.06. The number of pyridine rings is 1. The molecule has 0 atom stereocenters. The van der Waals surface area contributed by atoms with E-state index >= 15 is 0 Å². The van der Waals surface area contributed by atoms with Crippen molar-refractivity contribution >= 4 is 28.6 Å². The third-order valence-corrected chi connectivity index (χ3v) is 6.74. The predicted octanol–water partition coefficient (Wildman–Crippen LogP) is 4.56. The van der Waals surface area contributed by atoms with E-state index in [9.17, 15) is 9.90 Å². The van der Waals surface area contributed by atoms with Gasteiger partial charge >= 0.3 is 0 Å². The van der Waals surface area contributed by atoms with Crippen LogP contribution in [0.25, 0.3) is 11.0 Å². The Morgan fingerprint density at radius 1 is 1.06 bits per heavy atom. The second-order valence-corrected chi connectivity index (χ2v) is 9.69. The maximum Gasteiger partial charge on any atom is 0.255 e. The number of aryl methyl sites for hydroxylation is 2. The first-order chi connectivity index (χ1) is 17.4. The maximum atomic E-state index is 12.8. The zero-order chi connectivity index (χ0) is 25.2. The minimum atomic E-state index is -0.156. The summed E-state index contributed by atoms with van der Waals surface area (Å²) >= 11 is 0. The van der Waals surface area contributed by atoms with E-state index in [1.165, 1.54) is 0 Å². The number of nitrogens with one attached hydrogen (secondary N) is 2. The van der Waals surface area contributed by atoms with E-state index in [-0.39, 0.29) is 11.7 Å². The summed E-state index contributed by atoms with van der Waals surface area (Å²) in [7, 11) is 2.14. The molecule has 0 bridgehead atoms. The fourth-order valence-corrected chi connectivity index (χ4v) is 4.67. The summed E-state index contributed by atoms with van der Waals surface area (Å²) in [6.07, 6.45) is 2.07. The molecule has 3 heterocycles. The number of fused-ring (bicyclic) bond motifs is 1. The zero-order valence-electron chi connectivity index (χ0n) is 21.0. The van der Waals surface area contributed by atoms with Crippen molar-refractivity contribution < 1.29 is 9.90 Å². The highest BCUT2D eigenvalue weighted by Crippen LogP contribution is 2.28. The number of benzene rings is 2. The molecule has 1 aliphatic heterocycles. The van der Waals surface area contributed by atoms with Crippen molar-refractivity contribution in [2.24, 2.45) is 0 Å². The first kappa shape index (κ1) is 23.8. The monoisotopic (exact) mass is 484 g/mol. The lowest BCUT2D eigenvalue weighted by Crippen LogP contribution is -2.37. The van der Waals surface area contributed by atoms with Gasteiger partial charge in [-0.2, -0.15) is 0 Å². The summed E-state index contributed by atoms with van der Waals surface area (Å²) in [6.45, 7) is 6.33. The lowest BCUT2D eigenvalue weighted by Gasteiger charge is -2.29. The van der Waals surface area contributed by atoms with Gasteiger partial charge in [0.15, 0.2) is 0 Å². The van der Waals surface area contributed by atoms with E-state index in [0.29, 0.717) is 29.5 Å². The number of nitrogens with zero attached hydrogens (tertiary/aromatic N) is 4. The van der Waals surface area contributed by atoms with Gasteiger partial charge in [0.05, 0.1) is 17.6 Å². The number of carbonyl (C=O) groups excluding carboxylic acids is 1. The summed E-state index contributed by atoms with van der Waals surface area (Å²) in [4.78, 5) is 24.6. The minimum absolute atomic E-state index is 0.156. The van der Waals surface area contributed by atoms with Crippen molar-refractivity contribution in [3.8, 4) is 5.75 Å². The summed E-state index contributed by atoms with van der Waals surface area (Å²) in [5.74, 6) is 0.746. The molecule has 36 heavy (non-hydrogen) atoms. The van der Waals surface area contributed by atoms with Gasteiger partial charge in [0.2, 0.25) is 5.95 Å². The highest BCUT2D eigenvalue weighted by Gasteiger charge is 2.21. The molecule has 2 aromatic heterocycles. The van der Waals surface area contributed by atoms with Gasteiger partial charge in [0, 0.05) is 23.0 Å². The normalized spacial score (nSPS) is 14.8. The molecule has 0 saturated carbocycles. The van der Waals surface area contributed by atoms with Crippen molar-refractivity contribution in [3.63, 3.8) is 0 Å². The molecule has 8 heteroatoms. The van der Waals surface area contributed by atoms with Crippen LogP contribution in [0.1, 0.15) is 40.2 Å². The molecular formula is C28H32N6O2. The highest BCUT2D eigenvalue weighted by atomic mass is 16.3. The lowest BCUT2D eigenvalue weighted by atomic mass is 10.1. The molecular weight excluding hydrogens is 452 g/mol. The molecule has 0 spiro atoms. The molecule has 0 unspecified atom stereocenters. The Bertz CT molecular complexity index is 1400. The molecule has 1 fully saturated rings. The molecule has 0 aliphatic carbocycles. The molecule has 186 valence electrons. The number of anilines is 2. The van der Waals surface area contributed by atoms with Crippen molar-refractivity contribution in [3.05, 3.63) is 77.1 Å². The van der Waals surface area contributed by atoms with Crippen LogP contribution < -0.4 is 10.6 Å². The van der Waals surface area contributed by atoms with Crippen LogP contribution in [0.5, 0.6) is 5.75 Å². The van der Waals surface area contributed by atoms with Gasteiger partial charge in [-0.1, -0.05) is 17.7 Å². The van der Waals surface area contributed by atoms with E-state index in [0.717, 1.165) is 54.2 Å². The average Bonchev–Trinajstić information content (AvgIpc) is 3.18. The Labute approximate surface area is 211 Å². The highest BCUT2D eigenvalue weighted by molar-refractivity contribution is 6.05. The van der Waals surface area contributed by atoms with Gasteiger partial charge in [0.25, 0.3) is 5.91 Å². The SMILES string of the molecule is Cc1cccc(C(=O)Nc2ccc3c(c2)nc(NC2CCN(C)CC2)n3Cc2nc(C)ccc2O)c1. The topological polar surface area (TPSA) is 95.3 Å². The number of aromatic nitrogens is 3. The predicted molar refractivity (Wildman–Crippen MR) is 143 cm³/mol. The second kappa shape index (κ2) is 9.99. The number of likely N-dealkylation sites (tertiary alicyclic amines) is 1. The Morgan fingerprint density at radius 2 is 1.86 bits per heavy atom. The van der Waals surface area contributed by atoms with E-state index < -0.39 is 0 Å². The van der Waals surface area contributed by atoms with Gasteiger partial charge in [-0.05, 0) is 89.3 Å². The van der Waals surface area contributed by atoms with Gasteiger partial charge in [0.1, 0.15) is 11.4 Å². The average molecular weight is 485 g/mol. The van der Waals surface area contributed by atoms with Gasteiger partial charge < -0.3 is 25.2 Å². The second-order valence-electron chi connectivity index (χ2n) is 9.69. The number of rotatable bonds is 6. The van der Waals surface area contributed by atoms with Crippen LogP contribution in [0.4, 0.5) is 11.6 Å². The summed E-state index contributed by atoms with van der Waals surface area (Å²) in [6, 6.07) is 17.1. The van der Waals surface area contributed by atoms with Crippen molar-refractivity contribution in [2.75, 3.05) is 30.8 Å². The molecule has 1 saturated heterocycles. The Balaban J connectivity index is 1.47. The minimum Gasteiger partial charge on any atom is -0.506 e. The smallest absolute Gasteiger partial charge is 0.255 e. The first-order valence-electron chi connectivity index (χ1n) is 12.3. The maximum absolute atomic E-state index is 12.8. The Hall–Kier alpha value is -3.91. The fourth-order valence-electron chi connectivity index (χ4n) is 4.67.